The maximum absolute atomic E-state index is 4.24. The molecule has 2 heterocycles. The molecule has 130 valence electrons. The number of hydrogen-bond donors (Lipinski definition) is 1. The van der Waals surface area contributed by atoms with Crippen LogP contribution < -0.4 is 5.32 Å². The minimum Gasteiger partial charge on any atom is -0.309 e. The van der Waals surface area contributed by atoms with Gasteiger partial charge in [0.15, 0.2) is 0 Å². The third-order valence-electron chi connectivity index (χ3n) is 4.20. The molecule has 6 heteroatoms. The summed E-state index contributed by atoms with van der Waals surface area (Å²) in [5.41, 5.74) is 4.80. The summed E-state index contributed by atoms with van der Waals surface area (Å²) in [4.78, 5) is 3.96. The molecule has 0 aliphatic rings. The van der Waals surface area contributed by atoms with E-state index in [9.17, 15) is 0 Å². The third-order valence-corrected chi connectivity index (χ3v) is 4.20. The van der Waals surface area contributed by atoms with Crippen LogP contribution in [-0.4, -0.2) is 24.5 Å². The molecule has 0 atom stereocenters. The third kappa shape index (κ3) is 4.04. The van der Waals surface area contributed by atoms with E-state index in [4.69, 9.17) is 0 Å². The lowest BCUT2D eigenvalue weighted by Crippen LogP contribution is -2.12. The van der Waals surface area contributed by atoms with E-state index >= 15 is 0 Å². The van der Waals surface area contributed by atoms with Gasteiger partial charge in [-0.1, -0.05) is 36.4 Å². The van der Waals surface area contributed by atoms with Crippen LogP contribution in [0.2, 0.25) is 0 Å². The van der Waals surface area contributed by atoms with Crippen molar-refractivity contribution in [3.8, 4) is 5.69 Å². The summed E-state index contributed by atoms with van der Waals surface area (Å²) >= 11 is 0. The molecule has 2 aromatic heterocycles. The van der Waals surface area contributed by atoms with Crippen LogP contribution in [0, 0.1) is 0 Å². The number of benzene rings is 2. The molecule has 0 saturated carbocycles. The summed E-state index contributed by atoms with van der Waals surface area (Å²) in [6.07, 6.45) is 7.01. The topological polar surface area (TPSA) is 60.6 Å². The quantitative estimate of drug-likeness (QED) is 0.560. The highest BCUT2D eigenvalue weighted by molar-refractivity contribution is 5.33. The Morgan fingerprint density at radius 3 is 2.12 bits per heavy atom. The average Bonchev–Trinajstić information content (AvgIpc) is 3.38. The van der Waals surface area contributed by atoms with Crippen molar-refractivity contribution in [3.63, 3.8) is 0 Å². The monoisotopic (exact) mass is 344 g/mol. The van der Waals surface area contributed by atoms with E-state index in [-0.39, 0.29) is 0 Å². The van der Waals surface area contributed by atoms with Crippen molar-refractivity contribution in [2.45, 2.75) is 19.6 Å². The maximum Gasteiger partial charge on any atom is 0.137 e. The fourth-order valence-corrected chi connectivity index (χ4v) is 2.80. The molecule has 0 unspecified atom stereocenters. The van der Waals surface area contributed by atoms with Gasteiger partial charge in [0, 0.05) is 25.5 Å². The molecule has 4 aromatic rings. The SMILES string of the molecule is c1cnn(-c2ccc(CNCc3ccc(Cn4cncn4)cc3)cc2)c1. The molecule has 0 aliphatic carbocycles. The largest absolute Gasteiger partial charge is 0.309 e. The number of rotatable bonds is 7. The van der Waals surface area contributed by atoms with Gasteiger partial charge in [0.1, 0.15) is 12.7 Å². The zero-order chi connectivity index (χ0) is 17.6. The van der Waals surface area contributed by atoms with Crippen LogP contribution in [0.3, 0.4) is 0 Å². The first-order valence-electron chi connectivity index (χ1n) is 8.57. The van der Waals surface area contributed by atoms with Crippen LogP contribution >= 0.6 is 0 Å². The van der Waals surface area contributed by atoms with E-state index in [0.717, 1.165) is 25.3 Å². The average molecular weight is 344 g/mol. The van der Waals surface area contributed by atoms with Crippen LogP contribution in [-0.2, 0) is 19.6 Å². The predicted molar refractivity (Wildman–Crippen MR) is 99.7 cm³/mol. The van der Waals surface area contributed by atoms with Gasteiger partial charge >= 0.3 is 0 Å². The first-order valence-corrected chi connectivity index (χ1v) is 8.57. The number of hydrogen-bond acceptors (Lipinski definition) is 4. The van der Waals surface area contributed by atoms with Crippen LogP contribution in [0.4, 0.5) is 0 Å². The summed E-state index contributed by atoms with van der Waals surface area (Å²) in [7, 11) is 0. The summed E-state index contributed by atoms with van der Waals surface area (Å²) in [6, 6.07) is 18.9. The second-order valence-corrected chi connectivity index (χ2v) is 6.13. The van der Waals surface area contributed by atoms with Crippen LogP contribution in [0.15, 0.2) is 79.6 Å². The highest BCUT2D eigenvalue weighted by atomic mass is 15.3. The Morgan fingerprint density at radius 1 is 0.808 bits per heavy atom. The van der Waals surface area contributed by atoms with Crippen molar-refractivity contribution in [2.75, 3.05) is 0 Å². The van der Waals surface area contributed by atoms with Crippen molar-refractivity contribution in [1.29, 1.82) is 0 Å². The molecule has 0 fully saturated rings. The van der Waals surface area contributed by atoms with Crippen molar-refractivity contribution in [2.24, 2.45) is 0 Å². The zero-order valence-corrected chi connectivity index (χ0v) is 14.4. The summed E-state index contributed by atoms with van der Waals surface area (Å²) < 4.78 is 3.68. The molecule has 6 nitrogen and oxygen atoms in total. The van der Waals surface area contributed by atoms with Gasteiger partial charge in [-0.25, -0.2) is 14.3 Å². The fraction of sp³-hybridized carbons (Fsp3) is 0.150. The molecule has 0 amide bonds. The van der Waals surface area contributed by atoms with E-state index in [1.165, 1.54) is 16.7 Å². The van der Waals surface area contributed by atoms with Gasteiger partial charge in [0.2, 0.25) is 0 Å². The van der Waals surface area contributed by atoms with Crippen molar-refractivity contribution in [3.05, 3.63) is 96.3 Å². The van der Waals surface area contributed by atoms with Crippen molar-refractivity contribution in [1.82, 2.24) is 29.9 Å². The van der Waals surface area contributed by atoms with Gasteiger partial charge in [0.25, 0.3) is 0 Å². The Balaban J connectivity index is 1.27. The first-order chi connectivity index (χ1) is 12.9. The van der Waals surface area contributed by atoms with Gasteiger partial charge < -0.3 is 5.32 Å². The Morgan fingerprint density at radius 2 is 1.50 bits per heavy atom. The highest BCUT2D eigenvalue weighted by Gasteiger charge is 1.99. The van der Waals surface area contributed by atoms with Crippen LogP contribution in [0.1, 0.15) is 16.7 Å². The van der Waals surface area contributed by atoms with Crippen molar-refractivity contribution >= 4 is 0 Å². The lowest BCUT2D eigenvalue weighted by atomic mass is 10.1. The molecular formula is C20H20N6. The second kappa shape index (κ2) is 7.76. The molecule has 0 spiro atoms. The van der Waals surface area contributed by atoms with Gasteiger partial charge in [-0.15, -0.1) is 0 Å². The Labute approximate surface area is 152 Å². The minimum atomic E-state index is 0.746. The zero-order valence-electron chi connectivity index (χ0n) is 14.4. The van der Waals surface area contributed by atoms with Gasteiger partial charge in [0.05, 0.1) is 12.2 Å². The second-order valence-electron chi connectivity index (χ2n) is 6.13. The lowest BCUT2D eigenvalue weighted by Gasteiger charge is -2.08. The van der Waals surface area contributed by atoms with Crippen LogP contribution in [0.5, 0.6) is 0 Å². The van der Waals surface area contributed by atoms with E-state index < -0.39 is 0 Å². The molecule has 26 heavy (non-hydrogen) atoms. The van der Waals surface area contributed by atoms with Crippen molar-refractivity contribution < 1.29 is 0 Å². The molecule has 0 aliphatic heterocycles. The Bertz CT molecular complexity index is 910. The predicted octanol–water partition coefficient (Wildman–Crippen LogP) is 2.80. The van der Waals surface area contributed by atoms with E-state index in [1.54, 1.807) is 18.9 Å². The molecule has 0 saturated heterocycles. The molecule has 0 radical (unpaired) electrons. The van der Waals surface area contributed by atoms with Gasteiger partial charge in [-0.2, -0.15) is 10.2 Å². The Hall–Kier alpha value is -3.25. The van der Waals surface area contributed by atoms with E-state index in [1.807, 2.05) is 21.6 Å². The summed E-state index contributed by atoms with van der Waals surface area (Å²) in [6.45, 7) is 2.42. The van der Waals surface area contributed by atoms with Crippen LogP contribution in [0.25, 0.3) is 5.69 Å². The van der Waals surface area contributed by atoms with E-state index in [0.29, 0.717) is 0 Å². The summed E-state index contributed by atoms with van der Waals surface area (Å²) in [5.74, 6) is 0. The smallest absolute Gasteiger partial charge is 0.137 e. The fourth-order valence-electron chi connectivity index (χ4n) is 2.80. The van der Waals surface area contributed by atoms with Gasteiger partial charge in [-0.05, 0) is 34.9 Å². The Kier molecular flexibility index (Phi) is 4.84. The van der Waals surface area contributed by atoms with Gasteiger partial charge in [-0.3, -0.25) is 0 Å². The maximum atomic E-state index is 4.24. The first kappa shape index (κ1) is 16.2. The summed E-state index contributed by atoms with van der Waals surface area (Å²) in [5, 5.41) is 11.9. The lowest BCUT2D eigenvalue weighted by molar-refractivity contribution is 0.680. The molecular weight excluding hydrogens is 324 g/mol. The number of aromatic nitrogens is 5. The van der Waals surface area contributed by atoms with E-state index in [2.05, 4.69) is 69.0 Å². The normalized spacial score (nSPS) is 10.9. The number of nitrogens with one attached hydrogen (secondary N) is 1. The standard InChI is InChI=1S/C20H20N6/c1-10-23-26(11-1)20-8-6-18(7-9-20)13-21-12-17-2-4-19(5-3-17)14-25-16-22-15-24-25/h1-11,15-16,21H,12-14H2. The number of nitrogens with zero attached hydrogens (tertiary/aromatic N) is 5. The molecule has 2 aromatic carbocycles. The molecule has 4 rings (SSSR count). The highest BCUT2D eigenvalue weighted by Crippen LogP contribution is 2.09. The molecule has 1 N–H and O–H groups in total. The minimum absolute atomic E-state index is 0.746. The molecule has 0 bridgehead atoms.